The second-order valence-electron chi connectivity index (χ2n) is 7.36. The third kappa shape index (κ3) is 9.82. The second kappa shape index (κ2) is 14.7. The summed E-state index contributed by atoms with van der Waals surface area (Å²) in [5.74, 6) is -0.292. The molecule has 1 fully saturated rings. The predicted octanol–water partition coefficient (Wildman–Crippen LogP) is 3.51. The number of esters is 1. The number of aliphatic hydroxyl groups excluding tert-OH is 2. The summed E-state index contributed by atoms with van der Waals surface area (Å²) in [4.78, 5) is 11.1. The van der Waals surface area contributed by atoms with Crippen LogP contribution in [-0.4, -0.2) is 55.0 Å². The number of hydrogen-bond acceptors (Lipinski definition) is 6. The summed E-state index contributed by atoms with van der Waals surface area (Å²) >= 11 is 0. The van der Waals surface area contributed by atoms with E-state index in [1.165, 1.54) is 7.11 Å². The summed E-state index contributed by atoms with van der Waals surface area (Å²) in [7, 11) is 2.96. The third-order valence-corrected chi connectivity index (χ3v) is 5.10. The van der Waals surface area contributed by atoms with Crippen LogP contribution in [0.3, 0.4) is 0 Å². The number of aliphatic hydroxyl groups is 2. The van der Waals surface area contributed by atoms with Crippen molar-refractivity contribution in [1.29, 1.82) is 0 Å². The topological polar surface area (TPSA) is 85.2 Å². The Bertz CT molecular complexity index is 476. The largest absolute Gasteiger partial charge is 0.469 e. The Morgan fingerprint density at radius 2 is 2.04 bits per heavy atom. The highest BCUT2D eigenvalue weighted by molar-refractivity contribution is 5.69. The lowest BCUT2D eigenvalue weighted by Gasteiger charge is -2.37. The van der Waals surface area contributed by atoms with Crippen molar-refractivity contribution in [2.24, 2.45) is 5.92 Å². The van der Waals surface area contributed by atoms with Crippen LogP contribution in [0.5, 0.6) is 0 Å². The lowest BCUT2D eigenvalue weighted by molar-refractivity contribution is -0.212. The van der Waals surface area contributed by atoms with E-state index in [0.29, 0.717) is 19.3 Å². The van der Waals surface area contributed by atoms with Gasteiger partial charge in [-0.2, -0.15) is 0 Å². The Morgan fingerprint density at radius 3 is 2.71 bits per heavy atom. The molecule has 0 spiro atoms. The van der Waals surface area contributed by atoms with Crippen LogP contribution in [0.4, 0.5) is 0 Å². The van der Waals surface area contributed by atoms with Crippen molar-refractivity contribution in [3.8, 4) is 0 Å². The molecule has 6 nitrogen and oxygen atoms in total. The van der Waals surface area contributed by atoms with E-state index in [-0.39, 0.29) is 18.0 Å². The van der Waals surface area contributed by atoms with Crippen molar-refractivity contribution < 1.29 is 29.2 Å². The average Bonchev–Trinajstić information content (AvgIpc) is 2.69. The number of carbonyl (C=O) groups excluding carboxylic acids is 1. The van der Waals surface area contributed by atoms with Gasteiger partial charge in [0.25, 0.3) is 0 Å². The van der Waals surface area contributed by atoms with E-state index < -0.39 is 18.5 Å². The monoisotopic (exact) mass is 398 g/mol. The molecule has 1 heterocycles. The minimum absolute atomic E-state index is 0.0950. The maximum atomic E-state index is 11.1. The molecule has 1 unspecified atom stereocenters. The maximum Gasteiger partial charge on any atom is 0.305 e. The van der Waals surface area contributed by atoms with Crippen molar-refractivity contribution in [2.75, 3.05) is 14.2 Å². The highest BCUT2D eigenvalue weighted by Crippen LogP contribution is 2.30. The van der Waals surface area contributed by atoms with E-state index in [2.05, 4.69) is 11.7 Å². The normalized spacial score (nSPS) is 26.8. The minimum atomic E-state index is -0.537. The number of methoxy groups -OCH3 is 2. The van der Waals surface area contributed by atoms with Crippen LogP contribution in [0, 0.1) is 5.92 Å². The Morgan fingerprint density at radius 1 is 1.25 bits per heavy atom. The quantitative estimate of drug-likeness (QED) is 0.281. The summed E-state index contributed by atoms with van der Waals surface area (Å²) in [6.07, 6.45) is 12.9. The van der Waals surface area contributed by atoms with Gasteiger partial charge in [-0.05, 0) is 25.7 Å². The van der Waals surface area contributed by atoms with E-state index in [9.17, 15) is 15.0 Å². The van der Waals surface area contributed by atoms with E-state index in [0.717, 1.165) is 38.5 Å². The molecule has 0 aromatic rings. The summed E-state index contributed by atoms with van der Waals surface area (Å²) in [5, 5.41) is 20.7. The van der Waals surface area contributed by atoms with Gasteiger partial charge in [0, 0.05) is 25.9 Å². The van der Waals surface area contributed by atoms with Gasteiger partial charge >= 0.3 is 5.97 Å². The molecule has 0 aromatic carbocycles. The maximum absolute atomic E-state index is 11.1. The van der Waals surface area contributed by atoms with Gasteiger partial charge in [-0.3, -0.25) is 4.79 Å². The molecule has 2 N–H and O–H groups in total. The second-order valence-corrected chi connectivity index (χ2v) is 7.36. The first-order chi connectivity index (χ1) is 13.5. The van der Waals surface area contributed by atoms with E-state index in [4.69, 9.17) is 9.47 Å². The molecule has 1 saturated heterocycles. The first-order valence-electron chi connectivity index (χ1n) is 10.5. The Labute approximate surface area is 169 Å². The Hall–Kier alpha value is -1.21. The van der Waals surface area contributed by atoms with E-state index >= 15 is 0 Å². The van der Waals surface area contributed by atoms with Crippen molar-refractivity contribution in [2.45, 2.75) is 89.3 Å². The summed E-state index contributed by atoms with van der Waals surface area (Å²) in [6, 6.07) is 0. The smallest absolute Gasteiger partial charge is 0.305 e. The van der Waals surface area contributed by atoms with Gasteiger partial charge < -0.3 is 24.4 Å². The number of unbranched alkanes of at least 4 members (excludes halogenated alkanes) is 3. The molecule has 28 heavy (non-hydrogen) atoms. The average molecular weight is 399 g/mol. The molecule has 0 radical (unpaired) electrons. The Kier molecular flexibility index (Phi) is 13.1. The van der Waals surface area contributed by atoms with Crippen molar-refractivity contribution in [1.82, 2.24) is 0 Å². The molecule has 1 aliphatic rings. The van der Waals surface area contributed by atoms with Crippen molar-refractivity contribution in [3.05, 3.63) is 24.3 Å². The zero-order chi connectivity index (χ0) is 20.8. The van der Waals surface area contributed by atoms with E-state index in [1.54, 1.807) is 13.2 Å². The SMILES string of the molecule is CCCCC[C@H](O)C=C[C@H]1OC(OC)C[C@H](O)[C@@H]1C/C=C/CCCC(=O)OC. The van der Waals surface area contributed by atoms with Gasteiger partial charge in [0.15, 0.2) is 6.29 Å². The number of allylic oxidation sites excluding steroid dienone is 2. The number of carbonyl (C=O) groups is 1. The fourth-order valence-electron chi connectivity index (χ4n) is 3.33. The van der Waals surface area contributed by atoms with Gasteiger partial charge in [0.1, 0.15) is 0 Å². The van der Waals surface area contributed by atoms with Gasteiger partial charge in [0.2, 0.25) is 0 Å². The molecular weight excluding hydrogens is 360 g/mol. The summed E-state index contributed by atoms with van der Waals surface area (Å²) < 4.78 is 15.8. The van der Waals surface area contributed by atoms with Gasteiger partial charge in [-0.15, -0.1) is 0 Å². The standard InChI is InChI=1S/C22H38O6/c1-4-5-8-11-17(23)14-15-20-18(19(24)16-22(27-3)28-20)12-9-6-7-10-13-21(25)26-2/h6,9,14-15,17-20,22-24H,4-5,7-8,10-13,16H2,1-3H3/b9-6+,15-14?/t17-,18-,19-,20+,22?/m0/s1. The van der Waals surface area contributed by atoms with E-state index in [1.807, 2.05) is 18.2 Å². The molecule has 0 bridgehead atoms. The molecule has 0 aromatic heterocycles. The minimum Gasteiger partial charge on any atom is -0.469 e. The highest BCUT2D eigenvalue weighted by atomic mass is 16.7. The van der Waals surface area contributed by atoms with Crippen LogP contribution in [0.15, 0.2) is 24.3 Å². The zero-order valence-electron chi connectivity index (χ0n) is 17.6. The number of rotatable bonds is 13. The third-order valence-electron chi connectivity index (χ3n) is 5.10. The Balaban J connectivity index is 2.56. The lowest BCUT2D eigenvalue weighted by atomic mass is 9.87. The van der Waals surface area contributed by atoms with Crippen LogP contribution in [0.1, 0.15) is 64.7 Å². The molecule has 0 aliphatic carbocycles. The molecule has 1 aliphatic heterocycles. The molecule has 162 valence electrons. The van der Waals surface area contributed by atoms with Crippen LogP contribution in [-0.2, 0) is 19.0 Å². The van der Waals surface area contributed by atoms with Crippen LogP contribution in [0.2, 0.25) is 0 Å². The van der Waals surface area contributed by atoms with Crippen molar-refractivity contribution in [3.63, 3.8) is 0 Å². The fourth-order valence-corrected chi connectivity index (χ4v) is 3.33. The number of ether oxygens (including phenoxy) is 3. The molecule has 0 amide bonds. The predicted molar refractivity (Wildman–Crippen MR) is 109 cm³/mol. The molecular formula is C22H38O6. The molecule has 0 saturated carbocycles. The molecule has 6 heteroatoms. The molecule has 1 rings (SSSR count). The number of hydrogen-bond donors (Lipinski definition) is 2. The first kappa shape index (κ1) is 24.8. The van der Waals surface area contributed by atoms with Gasteiger partial charge in [0.05, 0.1) is 25.4 Å². The van der Waals surface area contributed by atoms with Crippen LogP contribution < -0.4 is 0 Å². The lowest BCUT2D eigenvalue weighted by Crippen LogP contribution is -2.44. The zero-order valence-corrected chi connectivity index (χ0v) is 17.6. The summed E-state index contributed by atoms with van der Waals surface area (Å²) in [5.41, 5.74) is 0. The van der Waals surface area contributed by atoms with Gasteiger partial charge in [-0.25, -0.2) is 0 Å². The van der Waals surface area contributed by atoms with Crippen LogP contribution in [0.25, 0.3) is 0 Å². The van der Waals surface area contributed by atoms with Crippen LogP contribution >= 0.6 is 0 Å². The summed E-state index contributed by atoms with van der Waals surface area (Å²) in [6.45, 7) is 2.14. The first-order valence-corrected chi connectivity index (χ1v) is 10.5. The van der Waals surface area contributed by atoms with Gasteiger partial charge in [-0.1, -0.05) is 50.5 Å². The fraction of sp³-hybridized carbons (Fsp3) is 0.773. The van der Waals surface area contributed by atoms with Crippen molar-refractivity contribution >= 4 is 5.97 Å². The highest BCUT2D eigenvalue weighted by Gasteiger charge is 2.35. The molecule has 5 atom stereocenters.